The number of fused-ring (bicyclic) bond motifs is 2. The molecule has 2 unspecified atom stereocenters. The Balaban J connectivity index is 1.75. The van der Waals surface area contributed by atoms with Gasteiger partial charge < -0.3 is 15.3 Å². The lowest BCUT2D eigenvalue weighted by Crippen LogP contribution is -2.50. The van der Waals surface area contributed by atoms with Crippen molar-refractivity contribution in [3.05, 3.63) is 29.8 Å². The molecule has 3 rings (SSSR count). The van der Waals surface area contributed by atoms with Crippen molar-refractivity contribution >= 4 is 5.91 Å². The zero-order valence-electron chi connectivity index (χ0n) is 11.9. The molecule has 108 valence electrons. The van der Waals surface area contributed by atoms with E-state index in [0.29, 0.717) is 23.7 Å². The number of aromatic hydroxyl groups is 1. The number of carbonyl (C=O) groups is 1. The molecule has 4 heteroatoms. The van der Waals surface area contributed by atoms with E-state index >= 15 is 0 Å². The maximum atomic E-state index is 12.6. The molecule has 0 spiro atoms. The van der Waals surface area contributed by atoms with Crippen LogP contribution in [-0.2, 0) is 0 Å². The molecular weight excluding hydrogens is 252 g/mol. The van der Waals surface area contributed by atoms with Crippen molar-refractivity contribution < 1.29 is 9.90 Å². The highest BCUT2D eigenvalue weighted by Gasteiger charge is 2.37. The number of benzene rings is 1. The number of phenolic OH excluding ortho intramolecular Hbond substituents is 1. The third kappa shape index (κ3) is 2.52. The fourth-order valence-corrected chi connectivity index (χ4v) is 3.62. The van der Waals surface area contributed by atoms with Crippen molar-refractivity contribution in [1.82, 2.24) is 10.2 Å². The maximum Gasteiger partial charge on any atom is 0.254 e. The standard InChI is InChI=1S/C16H22N2O2/c1-2-18(14-9-12-5-6-13(10-14)17-12)16(20)11-3-7-15(19)8-4-11/h3-4,7-8,12-14,17,19H,2,5-6,9-10H2,1H3. The normalized spacial score (nSPS) is 28.4. The van der Waals surface area contributed by atoms with E-state index in [-0.39, 0.29) is 11.7 Å². The molecule has 1 amide bonds. The molecule has 2 heterocycles. The molecule has 0 saturated carbocycles. The van der Waals surface area contributed by atoms with E-state index < -0.39 is 0 Å². The van der Waals surface area contributed by atoms with Gasteiger partial charge in [-0.3, -0.25) is 4.79 Å². The van der Waals surface area contributed by atoms with Gasteiger partial charge in [0.25, 0.3) is 5.91 Å². The highest BCUT2D eigenvalue weighted by Crippen LogP contribution is 2.30. The summed E-state index contributed by atoms with van der Waals surface area (Å²) in [4.78, 5) is 14.6. The summed E-state index contributed by atoms with van der Waals surface area (Å²) >= 11 is 0. The predicted octanol–water partition coefficient (Wildman–Crippen LogP) is 2.14. The molecule has 1 aromatic rings. The Morgan fingerprint density at radius 1 is 1.25 bits per heavy atom. The summed E-state index contributed by atoms with van der Waals surface area (Å²) in [5.74, 6) is 0.281. The van der Waals surface area contributed by atoms with Crippen molar-refractivity contribution in [2.75, 3.05) is 6.54 Å². The van der Waals surface area contributed by atoms with E-state index in [4.69, 9.17) is 0 Å². The Bertz CT molecular complexity index is 474. The quantitative estimate of drug-likeness (QED) is 0.888. The number of nitrogens with zero attached hydrogens (tertiary/aromatic N) is 1. The number of rotatable bonds is 3. The summed E-state index contributed by atoms with van der Waals surface area (Å²) in [5, 5.41) is 12.9. The van der Waals surface area contributed by atoms with Crippen LogP contribution >= 0.6 is 0 Å². The lowest BCUT2D eigenvalue weighted by molar-refractivity contribution is 0.0631. The fraction of sp³-hybridized carbons (Fsp3) is 0.562. The molecule has 4 nitrogen and oxygen atoms in total. The van der Waals surface area contributed by atoms with Crippen LogP contribution in [0.4, 0.5) is 0 Å². The number of phenols is 1. The SMILES string of the molecule is CCN(C(=O)c1ccc(O)cc1)C1CC2CCC(C1)N2. The number of amides is 1. The second-order valence-electron chi connectivity index (χ2n) is 5.90. The summed E-state index contributed by atoms with van der Waals surface area (Å²) in [6.07, 6.45) is 4.61. The summed E-state index contributed by atoms with van der Waals surface area (Å²) in [7, 11) is 0. The molecule has 2 atom stereocenters. The average molecular weight is 274 g/mol. The minimum absolute atomic E-state index is 0.0822. The van der Waals surface area contributed by atoms with Gasteiger partial charge in [0.1, 0.15) is 5.75 Å². The van der Waals surface area contributed by atoms with Gasteiger partial charge in [-0.2, -0.15) is 0 Å². The van der Waals surface area contributed by atoms with E-state index in [0.717, 1.165) is 19.4 Å². The first kappa shape index (κ1) is 13.4. The highest BCUT2D eigenvalue weighted by atomic mass is 16.3. The van der Waals surface area contributed by atoms with Crippen LogP contribution in [0.3, 0.4) is 0 Å². The number of carbonyl (C=O) groups excluding carboxylic acids is 1. The first-order valence-electron chi connectivity index (χ1n) is 7.53. The molecule has 2 N–H and O–H groups in total. The summed E-state index contributed by atoms with van der Waals surface area (Å²) in [6.45, 7) is 2.78. The van der Waals surface area contributed by atoms with Crippen LogP contribution in [0, 0.1) is 0 Å². The Morgan fingerprint density at radius 2 is 1.85 bits per heavy atom. The maximum absolute atomic E-state index is 12.6. The molecule has 2 fully saturated rings. The third-order valence-corrected chi connectivity index (χ3v) is 4.60. The van der Waals surface area contributed by atoms with Crippen molar-refractivity contribution in [2.45, 2.75) is 50.7 Å². The predicted molar refractivity (Wildman–Crippen MR) is 77.8 cm³/mol. The van der Waals surface area contributed by atoms with Gasteiger partial charge in [0, 0.05) is 30.2 Å². The highest BCUT2D eigenvalue weighted by molar-refractivity contribution is 5.94. The van der Waals surface area contributed by atoms with Crippen molar-refractivity contribution in [3.63, 3.8) is 0 Å². The van der Waals surface area contributed by atoms with E-state index in [1.54, 1.807) is 24.3 Å². The smallest absolute Gasteiger partial charge is 0.254 e. The van der Waals surface area contributed by atoms with Crippen molar-refractivity contribution in [1.29, 1.82) is 0 Å². The topological polar surface area (TPSA) is 52.6 Å². The zero-order chi connectivity index (χ0) is 14.1. The lowest BCUT2D eigenvalue weighted by atomic mass is 9.97. The van der Waals surface area contributed by atoms with Crippen LogP contribution in [-0.4, -0.2) is 40.6 Å². The molecule has 2 saturated heterocycles. The number of nitrogens with one attached hydrogen (secondary N) is 1. The van der Waals surface area contributed by atoms with E-state index in [1.165, 1.54) is 12.8 Å². The first-order valence-corrected chi connectivity index (χ1v) is 7.53. The van der Waals surface area contributed by atoms with Gasteiger partial charge in [0.05, 0.1) is 0 Å². The molecule has 0 aliphatic carbocycles. The van der Waals surface area contributed by atoms with Gasteiger partial charge in [0.15, 0.2) is 0 Å². The van der Waals surface area contributed by atoms with Crippen LogP contribution in [0.1, 0.15) is 43.0 Å². The van der Waals surface area contributed by atoms with Gasteiger partial charge in [-0.15, -0.1) is 0 Å². The van der Waals surface area contributed by atoms with Gasteiger partial charge >= 0.3 is 0 Å². The van der Waals surface area contributed by atoms with Gasteiger partial charge in [-0.1, -0.05) is 0 Å². The van der Waals surface area contributed by atoms with E-state index in [2.05, 4.69) is 5.32 Å². The van der Waals surface area contributed by atoms with Gasteiger partial charge in [-0.25, -0.2) is 0 Å². The van der Waals surface area contributed by atoms with Crippen LogP contribution in [0.2, 0.25) is 0 Å². The van der Waals surface area contributed by atoms with Crippen LogP contribution in [0.25, 0.3) is 0 Å². The lowest BCUT2D eigenvalue weighted by Gasteiger charge is -2.37. The third-order valence-electron chi connectivity index (χ3n) is 4.60. The largest absolute Gasteiger partial charge is 0.508 e. The van der Waals surface area contributed by atoms with E-state index in [9.17, 15) is 9.90 Å². The molecule has 2 bridgehead atoms. The fourth-order valence-electron chi connectivity index (χ4n) is 3.62. The molecular formula is C16H22N2O2. The molecule has 20 heavy (non-hydrogen) atoms. The minimum Gasteiger partial charge on any atom is -0.508 e. The van der Waals surface area contributed by atoms with E-state index in [1.807, 2.05) is 11.8 Å². The Morgan fingerprint density at radius 3 is 2.40 bits per heavy atom. The number of hydrogen-bond donors (Lipinski definition) is 2. The van der Waals surface area contributed by atoms with Gasteiger partial charge in [-0.05, 0) is 56.9 Å². The van der Waals surface area contributed by atoms with Crippen LogP contribution in [0.15, 0.2) is 24.3 Å². The summed E-state index contributed by atoms with van der Waals surface area (Å²) in [6, 6.07) is 8.08. The summed E-state index contributed by atoms with van der Waals surface area (Å²) in [5.41, 5.74) is 0.663. The second-order valence-corrected chi connectivity index (χ2v) is 5.90. The second kappa shape index (κ2) is 5.44. The number of hydrogen-bond acceptors (Lipinski definition) is 3. The van der Waals surface area contributed by atoms with Crippen LogP contribution < -0.4 is 5.32 Å². The number of piperidine rings is 1. The van der Waals surface area contributed by atoms with Crippen molar-refractivity contribution in [3.8, 4) is 5.75 Å². The monoisotopic (exact) mass is 274 g/mol. The molecule has 2 aliphatic heterocycles. The van der Waals surface area contributed by atoms with Crippen LogP contribution in [0.5, 0.6) is 5.75 Å². The Labute approximate surface area is 119 Å². The van der Waals surface area contributed by atoms with Crippen molar-refractivity contribution in [2.24, 2.45) is 0 Å². The first-order chi connectivity index (χ1) is 9.67. The molecule has 0 radical (unpaired) electrons. The average Bonchev–Trinajstić information content (AvgIpc) is 2.79. The molecule has 2 aliphatic rings. The molecule has 1 aromatic carbocycles. The Kier molecular flexibility index (Phi) is 3.66. The Hall–Kier alpha value is -1.55. The molecule has 0 aromatic heterocycles. The zero-order valence-corrected chi connectivity index (χ0v) is 11.9. The minimum atomic E-state index is 0.0822. The summed E-state index contributed by atoms with van der Waals surface area (Å²) < 4.78 is 0. The van der Waals surface area contributed by atoms with Gasteiger partial charge in [0.2, 0.25) is 0 Å².